The molecular formula is C16H18N4O3. The number of rotatable bonds is 5. The van der Waals surface area contributed by atoms with E-state index in [1.807, 2.05) is 49.8 Å². The fraction of sp³-hybridized carbons (Fsp3) is 0.375. The van der Waals surface area contributed by atoms with Gasteiger partial charge in [0, 0.05) is 17.8 Å². The number of nitrogens with one attached hydrogen (secondary N) is 1. The van der Waals surface area contributed by atoms with Crippen molar-refractivity contribution in [1.82, 2.24) is 14.9 Å². The van der Waals surface area contributed by atoms with Crippen molar-refractivity contribution in [3.05, 3.63) is 52.9 Å². The molecule has 4 rings (SSSR count). The van der Waals surface area contributed by atoms with Crippen LogP contribution in [-0.4, -0.2) is 21.2 Å². The number of furan rings is 1. The van der Waals surface area contributed by atoms with Gasteiger partial charge in [0.15, 0.2) is 12.3 Å². The normalized spacial score (nSPS) is 20.0. The Morgan fingerprint density at radius 1 is 1.22 bits per heavy atom. The van der Waals surface area contributed by atoms with E-state index in [9.17, 15) is 0 Å². The molecule has 0 radical (unpaired) electrons. The number of epoxide rings is 1. The van der Waals surface area contributed by atoms with Gasteiger partial charge in [-0.2, -0.15) is 5.10 Å². The number of aromatic nitrogens is 3. The second-order valence-corrected chi connectivity index (χ2v) is 5.77. The summed E-state index contributed by atoms with van der Waals surface area (Å²) in [5.74, 6) is 3.33. The van der Waals surface area contributed by atoms with E-state index in [0.717, 1.165) is 34.4 Å². The van der Waals surface area contributed by atoms with Crippen molar-refractivity contribution in [2.75, 3.05) is 5.32 Å². The van der Waals surface area contributed by atoms with Gasteiger partial charge in [-0.1, -0.05) is 5.16 Å². The molecule has 2 atom stereocenters. The summed E-state index contributed by atoms with van der Waals surface area (Å²) in [5.41, 5.74) is 1.96. The smallest absolute Gasteiger partial charge is 0.164 e. The van der Waals surface area contributed by atoms with Gasteiger partial charge in [-0.15, -0.1) is 0 Å². The van der Waals surface area contributed by atoms with Crippen molar-refractivity contribution in [2.24, 2.45) is 0 Å². The topological polar surface area (TPSA) is 81.5 Å². The zero-order valence-electron chi connectivity index (χ0n) is 13.2. The fourth-order valence-electron chi connectivity index (χ4n) is 2.61. The zero-order chi connectivity index (χ0) is 16.0. The van der Waals surface area contributed by atoms with Crippen LogP contribution in [0.5, 0.6) is 0 Å². The summed E-state index contributed by atoms with van der Waals surface area (Å²) in [6, 6.07) is 5.80. The molecule has 1 saturated heterocycles. The van der Waals surface area contributed by atoms with Gasteiger partial charge >= 0.3 is 0 Å². The number of aryl methyl sites for hydroxylation is 3. The van der Waals surface area contributed by atoms with E-state index in [1.54, 1.807) is 0 Å². The third-order valence-corrected chi connectivity index (χ3v) is 3.97. The maximum Gasteiger partial charge on any atom is 0.164 e. The van der Waals surface area contributed by atoms with Gasteiger partial charge in [0.2, 0.25) is 0 Å². The lowest BCUT2D eigenvalue weighted by molar-refractivity contribution is 0.350. The van der Waals surface area contributed by atoms with E-state index in [0.29, 0.717) is 6.54 Å². The van der Waals surface area contributed by atoms with Crippen LogP contribution in [0.25, 0.3) is 0 Å². The van der Waals surface area contributed by atoms with Crippen LogP contribution in [0, 0.1) is 20.8 Å². The Balaban J connectivity index is 1.39. The van der Waals surface area contributed by atoms with Crippen molar-refractivity contribution in [2.45, 2.75) is 39.6 Å². The highest BCUT2D eigenvalue weighted by Gasteiger charge is 2.43. The summed E-state index contributed by atoms with van der Waals surface area (Å²) in [4.78, 5) is 0. The third kappa shape index (κ3) is 2.75. The monoisotopic (exact) mass is 314 g/mol. The van der Waals surface area contributed by atoms with Crippen LogP contribution in [0.4, 0.5) is 5.82 Å². The number of hydrogen-bond acceptors (Lipinski definition) is 6. The lowest BCUT2D eigenvalue weighted by atomic mass is 10.2. The van der Waals surface area contributed by atoms with Crippen molar-refractivity contribution >= 4 is 5.82 Å². The quantitative estimate of drug-likeness (QED) is 0.729. The van der Waals surface area contributed by atoms with E-state index >= 15 is 0 Å². The first-order valence-corrected chi connectivity index (χ1v) is 7.53. The standard InChI is InChI=1S/C16H18N4O3/c1-9-4-5-13(21-9)15-16(22-15)17-14-6-7-20(18-14)8-12-10(2)19-23-11(12)3/h4-7,15-16H,8H2,1-3H3,(H,17,18). The first kappa shape index (κ1) is 14.1. The Bertz CT molecular complexity index is 813. The molecule has 0 saturated carbocycles. The van der Waals surface area contributed by atoms with Gasteiger partial charge in [0.05, 0.1) is 12.2 Å². The predicted octanol–water partition coefficient (Wildman–Crippen LogP) is 2.95. The van der Waals surface area contributed by atoms with Gasteiger partial charge < -0.3 is 19.0 Å². The molecule has 3 aromatic heterocycles. The first-order valence-electron chi connectivity index (χ1n) is 7.53. The first-order chi connectivity index (χ1) is 11.1. The number of anilines is 1. The Morgan fingerprint density at radius 3 is 2.78 bits per heavy atom. The number of nitrogens with zero attached hydrogens (tertiary/aromatic N) is 3. The van der Waals surface area contributed by atoms with Crippen molar-refractivity contribution in [3.63, 3.8) is 0 Å². The van der Waals surface area contributed by atoms with Gasteiger partial charge in [0.25, 0.3) is 0 Å². The Morgan fingerprint density at radius 2 is 2.09 bits per heavy atom. The van der Waals surface area contributed by atoms with Crippen LogP contribution in [0.2, 0.25) is 0 Å². The minimum atomic E-state index is -0.0945. The molecule has 7 nitrogen and oxygen atoms in total. The van der Waals surface area contributed by atoms with Gasteiger partial charge in [-0.05, 0) is 32.9 Å². The maximum atomic E-state index is 5.59. The zero-order valence-corrected chi connectivity index (χ0v) is 13.2. The Labute approximate surface area is 133 Å². The van der Waals surface area contributed by atoms with Gasteiger partial charge in [-0.3, -0.25) is 4.68 Å². The van der Waals surface area contributed by atoms with E-state index in [-0.39, 0.29) is 12.3 Å². The largest absolute Gasteiger partial charge is 0.463 e. The number of ether oxygens (including phenoxy) is 1. The fourth-order valence-corrected chi connectivity index (χ4v) is 2.61. The molecule has 0 spiro atoms. The molecule has 1 N–H and O–H groups in total. The Kier molecular flexibility index (Phi) is 3.23. The molecule has 4 heterocycles. The summed E-state index contributed by atoms with van der Waals surface area (Å²) >= 11 is 0. The van der Waals surface area contributed by atoms with E-state index in [2.05, 4.69) is 15.6 Å². The lowest BCUT2D eigenvalue weighted by Crippen LogP contribution is -2.07. The molecule has 1 aliphatic heterocycles. The molecular weight excluding hydrogens is 296 g/mol. The van der Waals surface area contributed by atoms with Crippen molar-refractivity contribution < 1.29 is 13.7 Å². The minimum Gasteiger partial charge on any atom is -0.463 e. The molecule has 120 valence electrons. The summed E-state index contributed by atoms with van der Waals surface area (Å²) in [7, 11) is 0. The van der Waals surface area contributed by atoms with Crippen LogP contribution in [0.1, 0.15) is 34.6 Å². The lowest BCUT2D eigenvalue weighted by Gasteiger charge is -2.01. The van der Waals surface area contributed by atoms with Crippen LogP contribution < -0.4 is 5.32 Å². The molecule has 1 aliphatic rings. The molecule has 0 aromatic carbocycles. The SMILES string of the molecule is Cc1ccc(C2OC2Nc2ccn(Cc3c(C)noc3C)n2)o1. The van der Waals surface area contributed by atoms with E-state index in [1.165, 1.54) is 0 Å². The summed E-state index contributed by atoms with van der Waals surface area (Å²) in [5, 5.41) is 11.7. The van der Waals surface area contributed by atoms with Gasteiger partial charge in [-0.25, -0.2) is 0 Å². The van der Waals surface area contributed by atoms with E-state index < -0.39 is 0 Å². The summed E-state index contributed by atoms with van der Waals surface area (Å²) < 4.78 is 18.2. The average Bonchev–Trinajstić information content (AvgIpc) is 2.84. The van der Waals surface area contributed by atoms with Crippen LogP contribution in [-0.2, 0) is 11.3 Å². The van der Waals surface area contributed by atoms with Crippen LogP contribution >= 0.6 is 0 Å². The molecule has 0 bridgehead atoms. The molecule has 23 heavy (non-hydrogen) atoms. The van der Waals surface area contributed by atoms with Crippen LogP contribution in [0.15, 0.2) is 33.3 Å². The summed E-state index contributed by atoms with van der Waals surface area (Å²) in [6.45, 7) is 6.40. The second-order valence-electron chi connectivity index (χ2n) is 5.77. The molecule has 0 amide bonds. The number of hydrogen-bond donors (Lipinski definition) is 1. The third-order valence-electron chi connectivity index (χ3n) is 3.97. The van der Waals surface area contributed by atoms with Gasteiger partial charge in [0.1, 0.15) is 23.1 Å². The molecule has 1 fully saturated rings. The van der Waals surface area contributed by atoms with Crippen molar-refractivity contribution in [3.8, 4) is 0 Å². The molecule has 2 unspecified atom stereocenters. The Hall–Kier alpha value is -2.54. The highest BCUT2D eigenvalue weighted by atomic mass is 16.6. The minimum absolute atomic E-state index is 0.0450. The maximum absolute atomic E-state index is 5.59. The molecule has 0 aliphatic carbocycles. The average molecular weight is 314 g/mol. The van der Waals surface area contributed by atoms with Crippen molar-refractivity contribution in [1.29, 1.82) is 0 Å². The van der Waals surface area contributed by atoms with E-state index in [4.69, 9.17) is 13.7 Å². The highest BCUT2D eigenvalue weighted by molar-refractivity contribution is 5.36. The molecule has 3 aromatic rings. The highest BCUT2D eigenvalue weighted by Crippen LogP contribution is 2.39. The predicted molar refractivity (Wildman–Crippen MR) is 82.0 cm³/mol. The summed E-state index contributed by atoms with van der Waals surface area (Å²) in [6.07, 6.45) is 1.78. The molecule has 7 heteroatoms. The van der Waals surface area contributed by atoms with Crippen LogP contribution in [0.3, 0.4) is 0 Å². The second kappa shape index (κ2) is 5.27.